The maximum Gasteiger partial charge on any atom is 0.232 e. The molecule has 0 heterocycles. The van der Waals surface area contributed by atoms with E-state index < -0.39 is 0 Å². The van der Waals surface area contributed by atoms with Crippen molar-refractivity contribution in [2.75, 3.05) is 19.1 Å². The van der Waals surface area contributed by atoms with Crippen molar-refractivity contribution in [3.63, 3.8) is 0 Å². The normalized spacial score (nSPS) is 11.8. The second-order valence-corrected chi connectivity index (χ2v) is 3.51. The van der Waals surface area contributed by atoms with Crippen LogP contribution in [0.3, 0.4) is 0 Å². The van der Waals surface area contributed by atoms with Crippen molar-refractivity contribution in [2.24, 2.45) is 0 Å². The molecule has 0 bridgehead atoms. The minimum atomic E-state index is 0.0228. The fraction of sp³-hybridized carbons (Fsp3) is 0.750. The highest BCUT2D eigenvalue weighted by molar-refractivity contribution is 7.99. The lowest BCUT2D eigenvalue weighted by Crippen LogP contribution is -2.35. The molecule has 0 saturated heterocycles. The zero-order chi connectivity index (χ0) is 9.56. The van der Waals surface area contributed by atoms with Gasteiger partial charge in [0.2, 0.25) is 5.91 Å². The van der Waals surface area contributed by atoms with E-state index in [9.17, 15) is 4.79 Å². The molecule has 0 saturated carbocycles. The van der Waals surface area contributed by atoms with Gasteiger partial charge in [-0.3, -0.25) is 4.79 Å². The highest BCUT2D eigenvalue weighted by atomic mass is 32.2. The van der Waals surface area contributed by atoms with Gasteiger partial charge in [-0.25, -0.2) is 0 Å². The van der Waals surface area contributed by atoms with Gasteiger partial charge in [0, 0.05) is 13.1 Å². The first-order valence-corrected chi connectivity index (χ1v) is 5.14. The molecule has 68 valence electrons. The lowest BCUT2D eigenvalue weighted by molar-refractivity contribution is -0.128. The van der Waals surface area contributed by atoms with E-state index in [1.54, 1.807) is 11.9 Å². The fourth-order valence-electron chi connectivity index (χ4n) is 0.740. The molecule has 0 N–H and O–H groups in total. The maximum absolute atomic E-state index is 11.3. The summed E-state index contributed by atoms with van der Waals surface area (Å²) in [6.07, 6.45) is 2.29. The number of carbonyl (C=O) groups is 1. The van der Waals surface area contributed by atoms with Gasteiger partial charge in [-0.05, 0) is 13.2 Å². The molecule has 12 heavy (non-hydrogen) atoms. The second-order valence-electron chi connectivity index (χ2n) is 2.65. The molecule has 1 amide bonds. The summed E-state index contributed by atoms with van der Waals surface area (Å²) < 4.78 is 0. The largest absolute Gasteiger partial charge is 0.341 e. The van der Waals surface area contributed by atoms with Crippen LogP contribution < -0.4 is 0 Å². The quantitative estimate of drug-likeness (QED) is 0.660. The Kier molecular flexibility index (Phi) is 5.56. The average Bonchev–Trinajstić information content (AvgIpc) is 2.04. The third-order valence-corrected chi connectivity index (χ3v) is 2.24. The summed E-state index contributed by atoms with van der Waals surface area (Å²) >= 11 is 1.50. The van der Waals surface area contributed by atoms with Crippen molar-refractivity contribution < 1.29 is 4.79 Å². The molecule has 0 radical (unpaired) electrons. The molecule has 0 aliphatic rings. The third-order valence-electron chi connectivity index (χ3n) is 1.71. The number of thioether (sulfide) groups is 1. The Morgan fingerprint density at radius 1 is 1.75 bits per heavy atom. The smallest absolute Gasteiger partial charge is 0.232 e. The highest BCUT2D eigenvalue weighted by Crippen LogP contribution is 2.03. The molecule has 4 heteroatoms. The summed E-state index contributed by atoms with van der Waals surface area (Å²) in [5.41, 5.74) is 0. The van der Waals surface area contributed by atoms with Crippen LogP contribution in [-0.2, 0) is 4.79 Å². The Morgan fingerprint density at radius 3 is 2.75 bits per heavy atom. The first kappa shape index (κ1) is 11.3. The van der Waals surface area contributed by atoms with Gasteiger partial charge >= 0.3 is 0 Å². The van der Waals surface area contributed by atoms with Crippen LogP contribution in [0.15, 0.2) is 0 Å². The number of hydrogen-bond donors (Lipinski definition) is 0. The van der Waals surface area contributed by atoms with Gasteiger partial charge in [-0.1, -0.05) is 0 Å². The van der Waals surface area contributed by atoms with Crippen molar-refractivity contribution in [3.05, 3.63) is 0 Å². The molecule has 0 aliphatic carbocycles. The number of nitrogens with zero attached hydrogens (tertiary/aromatic N) is 2. The van der Waals surface area contributed by atoms with E-state index in [1.807, 2.05) is 19.2 Å². The first-order valence-electron chi connectivity index (χ1n) is 3.75. The first-order chi connectivity index (χ1) is 5.63. The second kappa shape index (κ2) is 5.90. The van der Waals surface area contributed by atoms with Gasteiger partial charge in [0.15, 0.2) is 0 Å². The Bertz CT molecular complexity index is 188. The molecular weight excluding hydrogens is 172 g/mol. The lowest BCUT2D eigenvalue weighted by atomic mass is 10.2. The van der Waals surface area contributed by atoms with E-state index in [2.05, 4.69) is 0 Å². The van der Waals surface area contributed by atoms with Crippen molar-refractivity contribution >= 4 is 17.7 Å². The number of rotatable bonds is 4. The van der Waals surface area contributed by atoms with Crippen LogP contribution in [-0.4, -0.2) is 35.9 Å². The van der Waals surface area contributed by atoms with Gasteiger partial charge in [0.1, 0.15) is 0 Å². The number of amides is 1. The summed E-state index contributed by atoms with van der Waals surface area (Å²) in [6.45, 7) is 1.88. The van der Waals surface area contributed by atoms with Crippen LogP contribution in [0.4, 0.5) is 0 Å². The number of nitriles is 1. The Hall–Kier alpha value is -0.690. The SMILES string of the molecule is CSCC(=O)N(C)C(C)CC#N. The van der Waals surface area contributed by atoms with E-state index in [0.29, 0.717) is 12.2 Å². The molecule has 0 fully saturated rings. The summed E-state index contributed by atoms with van der Waals surface area (Å²) in [5, 5.41) is 8.40. The van der Waals surface area contributed by atoms with Crippen LogP contribution >= 0.6 is 11.8 Å². The van der Waals surface area contributed by atoms with Crippen molar-refractivity contribution in [2.45, 2.75) is 19.4 Å². The van der Waals surface area contributed by atoms with Gasteiger partial charge in [-0.2, -0.15) is 17.0 Å². The molecule has 1 unspecified atom stereocenters. The van der Waals surface area contributed by atoms with E-state index in [0.717, 1.165) is 0 Å². The van der Waals surface area contributed by atoms with Gasteiger partial charge < -0.3 is 4.90 Å². The fourth-order valence-corrected chi connectivity index (χ4v) is 1.19. The van der Waals surface area contributed by atoms with Crippen LogP contribution in [0, 0.1) is 11.3 Å². The number of carbonyl (C=O) groups excluding carboxylic acids is 1. The molecule has 0 aromatic rings. The molecule has 0 aromatic carbocycles. The van der Waals surface area contributed by atoms with Crippen molar-refractivity contribution in [1.29, 1.82) is 5.26 Å². The minimum absolute atomic E-state index is 0.0228. The Balaban J connectivity index is 3.92. The van der Waals surface area contributed by atoms with E-state index in [4.69, 9.17) is 5.26 Å². The Morgan fingerprint density at radius 2 is 2.33 bits per heavy atom. The molecule has 0 spiro atoms. The highest BCUT2D eigenvalue weighted by Gasteiger charge is 2.13. The van der Waals surface area contributed by atoms with E-state index in [1.165, 1.54) is 11.8 Å². The lowest BCUT2D eigenvalue weighted by Gasteiger charge is -2.22. The minimum Gasteiger partial charge on any atom is -0.341 e. The maximum atomic E-state index is 11.3. The predicted octanol–water partition coefficient (Wildman–Crippen LogP) is 1.11. The number of hydrogen-bond acceptors (Lipinski definition) is 3. The van der Waals surface area contributed by atoms with E-state index >= 15 is 0 Å². The topological polar surface area (TPSA) is 44.1 Å². The standard InChI is InChI=1S/C8H14N2OS/c1-7(4-5-9)10(2)8(11)6-12-3/h7H,4,6H2,1-3H3. The zero-order valence-electron chi connectivity index (χ0n) is 7.70. The van der Waals surface area contributed by atoms with Crippen molar-refractivity contribution in [1.82, 2.24) is 4.90 Å². The summed E-state index contributed by atoms with van der Waals surface area (Å²) in [5.74, 6) is 0.581. The van der Waals surface area contributed by atoms with Crippen LogP contribution in [0.25, 0.3) is 0 Å². The molecular formula is C8H14N2OS. The average molecular weight is 186 g/mol. The van der Waals surface area contributed by atoms with Crippen LogP contribution in [0.2, 0.25) is 0 Å². The molecule has 0 rings (SSSR count). The molecule has 0 aromatic heterocycles. The van der Waals surface area contributed by atoms with Crippen LogP contribution in [0.5, 0.6) is 0 Å². The predicted molar refractivity (Wildman–Crippen MR) is 50.8 cm³/mol. The van der Waals surface area contributed by atoms with Gasteiger partial charge in [-0.15, -0.1) is 0 Å². The van der Waals surface area contributed by atoms with Gasteiger partial charge in [0.25, 0.3) is 0 Å². The van der Waals surface area contributed by atoms with Gasteiger partial charge in [0.05, 0.1) is 18.2 Å². The zero-order valence-corrected chi connectivity index (χ0v) is 8.52. The molecule has 0 aliphatic heterocycles. The van der Waals surface area contributed by atoms with Crippen molar-refractivity contribution in [3.8, 4) is 6.07 Å². The Labute approximate surface area is 77.7 Å². The van der Waals surface area contributed by atoms with Crippen LogP contribution in [0.1, 0.15) is 13.3 Å². The van der Waals surface area contributed by atoms with E-state index in [-0.39, 0.29) is 11.9 Å². The summed E-state index contributed by atoms with van der Waals surface area (Å²) in [6, 6.07) is 2.07. The monoisotopic (exact) mass is 186 g/mol. The molecule has 1 atom stereocenters. The summed E-state index contributed by atoms with van der Waals surface area (Å²) in [4.78, 5) is 12.9. The molecule has 3 nitrogen and oxygen atoms in total. The third kappa shape index (κ3) is 3.63. The summed E-state index contributed by atoms with van der Waals surface area (Å²) in [7, 11) is 1.74.